The van der Waals surface area contributed by atoms with Gasteiger partial charge in [0.1, 0.15) is 13.2 Å². The van der Waals surface area contributed by atoms with Gasteiger partial charge in [-0.15, -0.1) is 0 Å². The van der Waals surface area contributed by atoms with Crippen LogP contribution >= 0.6 is 0 Å². The molecule has 9 heteroatoms. The van der Waals surface area contributed by atoms with E-state index in [2.05, 4.69) is 33.1 Å². The van der Waals surface area contributed by atoms with E-state index in [0.29, 0.717) is 10.9 Å². The molecule has 1 unspecified atom stereocenters. The first kappa shape index (κ1) is 43.5. The van der Waals surface area contributed by atoms with Crippen molar-refractivity contribution < 1.29 is 33.1 Å². The Morgan fingerprint density at radius 3 is 1.56 bits per heavy atom. The Labute approximate surface area is 277 Å². The van der Waals surface area contributed by atoms with E-state index in [0.717, 1.165) is 58.2 Å². The number of carbonyl (C=O) groups is 3. The molecule has 0 aromatic heterocycles. The second-order valence-electron chi connectivity index (χ2n) is 13.3. The first-order valence-electron chi connectivity index (χ1n) is 18.2. The summed E-state index contributed by atoms with van der Waals surface area (Å²) in [6.07, 6.45) is 18.1. The fraction of sp³-hybridized carbons (Fsp3) is 0.917. The molecular formula is C36H72N3O6+. The summed E-state index contributed by atoms with van der Waals surface area (Å²) in [4.78, 5) is 39.9. The summed E-state index contributed by atoms with van der Waals surface area (Å²) in [5.41, 5.74) is -0.586. The van der Waals surface area contributed by atoms with E-state index in [1.165, 1.54) is 57.8 Å². The molecule has 0 rings (SSSR count). The lowest BCUT2D eigenvalue weighted by atomic mass is 9.88. The fourth-order valence-corrected chi connectivity index (χ4v) is 5.41. The van der Waals surface area contributed by atoms with Crippen molar-refractivity contribution in [1.29, 1.82) is 0 Å². The molecule has 0 saturated carbocycles. The summed E-state index contributed by atoms with van der Waals surface area (Å²) in [6, 6.07) is 0. The van der Waals surface area contributed by atoms with Gasteiger partial charge in [0.05, 0.1) is 40.0 Å². The lowest BCUT2D eigenvalue weighted by molar-refractivity contribution is -0.835. The predicted molar refractivity (Wildman–Crippen MR) is 184 cm³/mol. The van der Waals surface area contributed by atoms with Gasteiger partial charge in [0.15, 0.2) is 6.61 Å². The van der Waals surface area contributed by atoms with Gasteiger partial charge in [-0.1, -0.05) is 91.9 Å². The van der Waals surface area contributed by atoms with Crippen molar-refractivity contribution >= 4 is 17.7 Å². The van der Waals surface area contributed by atoms with Crippen molar-refractivity contribution in [3.63, 3.8) is 0 Å². The molecule has 0 spiro atoms. The molecule has 1 atom stereocenters. The van der Waals surface area contributed by atoms with E-state index in [1.54, 1.807) is 11.9 Å². The van der Waals surface area contributed by atoms with Gasteiger partial charge >= 0.3 is 5.91 Å². The molecule has 9 nitrogen and oxygen atoms in total. The summed E-state index contributed by atoms with van der Waals surface area (Å²) in [6.45, 7) is 11.7. The average molecular weight is 643 g/mol. The second-order valence-corrected chi connectivity index (χ2v) is 13.3. The zero-order valence-corrected chi connectivity index (χ0v) is 30.5. The molecule has 0 aliphatic heterocycles. The van der Waals surface area contributed by atoms with Gasteiger partial charge in [0, 0.05) is 26.1 Å². The molecule has 266 valence electrons. The molecule has 0 aromatic rings. The number of hydrogen-bond donors (Lipinski definition) is 1. The average Bonchev–Trinajstić information content (AvgIpc) is 3.03. The van der Waals surface area contributed by atoms with Crippen LogP contribution in [-0.4, -0.2) is 108 Å². The standard InChI is InChI=1S/C36H71N3O6/c1-8-12-15-18-21-24-38(6)34(41)28-44-31-36(11-4,30-43-27-33(40)37-5)32-45-29-35(42)39(7,25-22-19-16-13-9-2)26-23-20-17-14-10-3/h8-32H2,1-7H3/p+1. The number of rotatable bonds is 31. The summed E-state index contributed by atoms with van der Waals surface area (Å²) < 4.78 is 18.3. The summed E-state index contributed by atoms with van der Waals surface area (Å²) >= 11 is 0. The highest BCUT2D eigenvalue weighted by atomic mass is 16.5. The highest BCUT2D eigenvalue weighted by Gasteiger charge is 2.34. The molecule has 0 aliphatic rings. The Bertz CT molecular complexity index is 751. The van der Waals surface area contributed by atoms with E-state index in [9.17, 15) is 14.4 Å². The van der Waals surface area contributed by atoms with Crippen molar-refractivity contribution in [2.75, 3.05) is 80.4 Å². The molecule has 0 radical (unpaired) electrons. The first-order chi connectivity index (χ1) is 21.6. The number of unbranched alkanes of at least 4 members (excludes halogenated alkanes) is 12. The van der Waals surface area contributed by atoms with Crippen LogP contribution in [0.2, 0.25) is 0 Å². The monoisotopic (exact) mass is 643 g/mol. The number of nitrogens with one attached hydrogen (secondary N) is 1. The number of amides is 3. The molecule has 3 amide bonds. The van der Waals surface area contributed by atoms with Crippen molar-refractivity contribution in [2.24, 2.45) is 5.41 Å². The minimum absolute atomic E-state index is 0.0212. The Morgan fingerprint density at radius 2 is 1.09 bits per heavy atom. The van der Waals surface area contributed by atoms with Gasteiger partial charge in [0.2, 0.25) is 11.8 Å². The van der Waals surface area contributed by atoms with Gasteiger partial charge in [0.25, 0.3) is 0 Å². The predicted octanol–water partition coefficient (Wildman–Crippen LogP) is 6.52. The molecule has 1 N–H and O–H groups in total. The number of nitrogens with zero attached hydrogens (tertiary/aromatic N) is 2. The third-order valence-electron chi connectivity index (χ3n) is 9.07. The third-order valence-corrected chi connectivity index (χ3v) is 9.07. The Balaban J connectivity index is 5.24. The lowest BCUT2D eigenvalue weighted by Gasteiger charge is -2.34. The quantitative estimate of drug-likeness (QED) is 0.0684. The van der Waals surface area contributed by atoms with Crippen LogP contribution < -0.4 is 5.32 Å². The van der Waals surface area contributed by atoms with Crippen molar-refractivity contribution in [3.8, 4) is 0 Å². The van der Waals surface area contributed by atoms with E-state index in [-0.39, 0.29) is 57.4 Å². The third kappa shape index (κ3) is 21.0. The largest absolute Gasteiger partial charge is 0.371 e. The molecule has 0 heterocycles. The van der Waals surface area contributed by atoms with Crippen molar-refractivity contribution in [2.45, 2.75) is 130 Å². The number of likely N-dealkylation sites (N-methyl/N-ethyl adjacent to an activating group) is 3. The van der Waals surface area contributed by atoms with Crippen molar-refractivity contribution in [3.05, 3.63) is 0 Å². The number of carbonyl (C=O) groups excluding carboxylic acids is 3. The Morgan fingerprint density at radius 1 is 0.644 bits per heavy atom. The van der Waals surface area contributed by atoms with Gasteiger partial charge < -0.3 is 24.4 Å². The summed E-state index contributed by atoms with van der Waals surface area (Å²) in [5.74, 6) is -0.156. The second kappa shape index (κ2) is 27.6. The van der Waals surface area contributed by atoms with E-state index >= 15 is 0 Å². The molecular weight excluding hydrogens is 570 g/mol. The van der Waals surface area contributed by atoms with Crippen LogP contribution in [0.15, 0.2) is 0 Å². The minimum atomic E-state index is -0.586. The molecule has 45 heavy (non-hydrogen) atoms. The van der Waals surface area contributed by atoms with Crippen LogP contribution in [-0.2, 0) is 28.6 Å². The Hall–Kier alpha value is -1.55. The molecule has 0 saturated heterocycles. The van der Waals surface area contributed by atoms with E-state index in [1.807, 2.05) is 14.0 Å². The highest BCUT2D eigenvalue weighted by Crippen LogP contribution is 2.25. The first-order valence-corrected chi connectivity index (χ1v) is 18.2. The highest BCUT2D eigenvalue weighted by molar-refractivity contribution is 5.77. The SMILES string of the molecule is CCCCCCCN(C)C(=O)COCC(CC)(COCC(=O)NC)COCC(=O)[N+](C)(CCCCCCC)CCCCCCC. The van der Waals surface area contributed by atoms with Gasteiger partial charge in [-0.25, -0.2) is 4.79 Å². The zero-order chi connectivity index (χ0) is 33.8. The molecule has 0 fully saturated rings. The van der Waals surface area contributed by atoms with Gasteiger partial charge in [-0.05, 0) is 38.5 Å². The lowest BCUT2D eigenvalue weighted by Crippen LogP contribution is -2.52. The van der Waals surface area contributed by atoms with Crippen LogP contribution in [0.1, 0.15) is 130 Å². The van der Waals surface area contributed by atoms with Gasteiger partial charge in [-0.2, -0.15) is 0 Å². The maximum atomic E-state index is 13.6. The topological polar surface area (TPSA) is 94.2 Å². The number of hydrogen-bond acceptors (Lipinski definition) is 6. The van der Waals surface area contributed by atoms with Crippen molar-refractivity contribution in [1.82, 2.24) is 10.2 Å². The minimum Gasteiger partial charge on any atom is -0.371 e. The summed E-state index contributed by atoms with van der Waals surface area (Å²) in [7, 11) is 5.47. The summed E-state index contributed by atoms with van der Waals surface area (Å²) in [5, 5.41) is 2.57. The maximum Gasteiger partial charge on any atom is 0.339 e. The van der Waals surface area contributed by atoms with Crippen LogP contribution in [0.3, 0.4) is 0 Å². The van der Waals surface area contributed by atoms with Crippen LogP contribution in [0.4, 0.5) is 0 Å². The zero-order valence-electron chi connectivity index (χ0n) is 30.5. The fourth-order valence-electron chi connectivity index (χ4n) is 5.41. The molecule has 0 aromatic carbocycles. The van der Waals surface area contributed by atoms with E-state index < -0.39 is 5.41 Å². The smallest absolute Gasteiger partial charge is 0.339 e. The maximum absolute atomic E-state index is 13.6. The van der Waals surface area contributed by atoms with Gasteiger partial charge in [-0.3, -0.25) is 14.1 Å². The number of ether oxygens (including phenoxy) is 3. The van der Waals surface area contributed by atoms with E-state index in [4.69, 9.17) is 14.2 Å². The number of quaternary nitrogens is 1. The normalized spacial score (nSPS) is 13.0. The van der Waals surface area contributed by atoms with Crippen LogP contribution in [0.5, 0.6) is 0 Å². The molecule has 0 aliphatic carbocycles. The van der Waals surface area contributed by atoms with Crippen LogP contribution in [0, 0.1) is 5.41 Å². The Kier molecular flexibility index (Phi) is 26.6. The molecule has 0 bridgehead atoms. The van der Waals surface area contributed by atoms with Crippen LogP contribution in [0.25, 0.3) is 0 Å².